The Morgan fingerprint density at radius 1 is 1.35 bits per heavy atom. The molecule has 0 saturated carbocycles. The number of rotatable bonds is 6. The van der Waals surface area contributed by atoms with E-state index in [-0.39, 0.29) is 23.8 Å². The molecule has 4 rings (SSSR count). The van der Waals surface area contributed by atoms with Crippen molar-refractivity contribution in [3.8, 4) is 0 Å². The van der Waals surface area contributed by atoms with Crippen LogP contribution in [0.15, 0.2) is 35.5 Å². The number of hydrogen-bond acceptors (Lipinski definition) is 6. The van der Waals surface area contributed by atoms with Gasteiger partial charge in [-0.05, 0) is 24.3 Å². The smallest absolute Gasteiger partial charge is 0.261 e. The summed E-state index contributed by atoms with van der Waals surface area (Å²) in [5, 5.41) is 12.6. The Labute approximate surface area is 180 Å². The summed E-state index contributed by atoms with van der Waals surface area (Å²) in [6, 6.07) is 5.53. The van der Waals surface area contributed by atoms with Crippen molar-refractivity contribution >= 4 is 40.2 Å². The highest BCUT2D eigenvalue weighted by Crippen LogP contribution is 2.26. The van der Waals surface area contributed by atoms with Crippen LogP contribution in [0.2, 0.25) is 5.02 Å². The van der Waals surface area contributed by atoms with Gasteiger partial charge < -0.3 is 10.3 Å². The second-order valence-corrected chi connectivity index (χ2v) is 7.53. The minimum Gasteiger partial charge on any atom is -0.354 e. The largest absolute Gasteiger partial charge is 0.354 e. The molecule has 1 aliphatic heterocycles. The van der Waals surface area contributed by atoms with E-state index < -0.39 is 11.7 Å². The first-order valence-electron chi connectivity index (χ1n) is 9.48. The van der Waals surface area contributed by atoms with Gasteiger partial charge in [0.1, 0.15) is 5.82 Å². The number of benzene rings is 1. The molecule has 0 aliphatic carbocycles. The van der Waals surface area contributed by atoms with Crippen LogP contribution in [0.1, 0.15) is 12.0 Å². The minimum atomic E-state index is -2.63. The highest BCUT2D eigenvalue weighted by atomic mass is 35.5. The molecule has 3 heterocycles. The molecule has 1 aromatic carbocycles. The molecule has 0 spiro atoms. The zero-order valence-electron chi connectivity index (χ0n) is 16.2. The van der Waals surface area contributed by atoms with Crippen molar-refractivity contribution in [1.82, 2.24) is 25.3 Å². The summed E-state index contributed by atoms with van der Waals surface area (Å²) < 4.78 is 39.9. The van der Waals surface area contributed by atoms with E-state index in [9.17, 15) is 18.4 Å². The van der Waals surface area contributed by atoms with Gasteiger partial charge >= 0.3 is 0 Å². The molecule has 4 N–H and O–H groups in total. The van der Waals surface area contributed by atoms with Crippen LogP contribution in [0.4, 0.5) is 24.8 Å². The monoisotopic (exact) mass is 453 g/mol. The molecular weight excluding hydrogens is 435 g/mol. The molecule has 1 fully saturated rings. The van der Waals surface area contributed by atoms with Crippen molar-refractivity contribution < 1.29 is 18.4 Å². The quantitative estimate of drug-likeness (QED) is 0.259. The number of alkyl halides is 2. The summed E-state index contributed by atoms with van der Waals surface area (Å²) in [5.74, 6) is -2.72. The highest BCUT2D eigenvalue weighted by molar-refractivity contribution is 6.31. The third kappa shape index (κ3) is 4.89. The zero-order valence-corrected chi connectivity index (χ0v) is 16.9. The number of nitrogens with zero attached hydrogens (tertiary/aromatic N) is 4. The Kier molecular flexibility index (Phi) is 5.99. The maximum atomic E-state index is 13.4. The van der Waals surface area contributed by atoms with Crippen LogP contribution in [-0.4, -0.2) is 63.0 Å². The second-order valence-electron chi connectivity index (χ2n) is 7.12. The molecule has 31 heavy (non-hydrogen) atoms. The van der Waals surface area contributed by atoms with Crippen LogP contribution in [0.3, 0.4) is 0 Å². The summed E-state index contributed by atoms with van der Waals surface area (Å²) in [5.41, 5.74) is 3.68. The summed E-state index contributed by atoms with van der Waals surface area (Å²) in [7, 11) is 0. The van der Waals surface area contributed by atoms with Gasteiger partial charge in [-0.1, -0.05) is 11.6 Å². The lowest BCUT2D eigenvalue weighted by Gasteiger charge is -2.15. The lowest BCUT2D eigenvalue weighted by atomic mass is 10.2. The van der Waals surface area contributed by atoms with E-state index in [2.05, 4.69) is 25.3 Å². The molecule has 2 aromatic heterocycles. The lowest BCUT2D eigenvalue weighted by molar-refractivity contribution is 0.0126. The molecule has 1 saturated heterocycles. The number of aromatic amines is 1. The average Bonchev–Trinajstić information content (AvgIpc) is 3.31. The van der Waals surface area contributed by atoms with Crippen LogP contribution in [0.5, 0.6) is 0 Å². The number of H-pyrrole nitrogens is 1. The number of hydroxylamine groups is 1. The Bertz CT molecular complexity index is 1120. The van der Waals surface area contributed by atoms with Gasteiger partial charge in [-0.25, -0.2) is 23.1 Å². The molecule has 1 aliphatic rings. The number of anilines is 1. The third-order valence-electron chi connectivity index (χ3n) is 4.87. The van der Waals surface area contributed by atoms with Crippen LogP contribution >= 0.6 is 11.6 Å². The number of aliphatic imine (C=N–C) groups is 1. The minimum absolute atomic E-state index is 0.0737. The summed E-state index contributed by atoms with van der Waals surface area (Å²) in [6.07, 6.45) is 1.37. The van der Waals surface area contributed by atoms with Crippen molar-refractivity contribution in [1.29, 1.82) is 0 Å². The van der Waals surface area contributed by atoms with E-state index in [1.165, 1.54) is 24.4 Å². The van der Waals surface area contributed by atoms with Gasteiger partial charge in [0.05, 0.1) is 22.8 Å². The first-order chi connectivity index (χ1) is 14.8. The fraction of sp³-hybridized carbons (Fsp3) is 0.316. The highest BCUT2D eigenvalue weighted by Gasteiger charge is 2.37. The van der Waals surface area contributed by atoms with Crippen molar-refractivity contribution in [3.05, 3.63) is 46.9 Å². The van der Waals surface area contributed by atoms with Gasteiger partial charge in [0.25, 0.3) is 5.92 Å². The molecule has 0 radical (unpaired) electrons. The number of halogens is 4. The van der Waals surface area contributed by atoms with E-state index in [0.29, 0.717) is 48.0 Å². The molecule has 12 heteroatoms. The topological polar surface area (TPSA) is 101 Å². The van der Waals surface area contributed by atoms with Crippen molar-refractivity contribution in [2.45, 2.75) is 12.3 Å². The number of imidazole rings is 1. The fourth-order valence-corrected chi connectivity index (χ4v) is 3.53. The molecule has 3 aromatic rings. The first-order valence-corrected chi connectivity index (χ1v) is 9.85. The molecule has 0 unspecified atom stereocenters. The van der Waals surface area contributed by atoms with Gasteiger partial charge in [0, 0.05) is 37.8 Å². The van der Waals surface area contributed by atoms with Crippen molar-refractivity contribution in [2.75, 3.05) is 31.5 Å². The predicted octanol–water partition coefficient (Wildman–Crippen LogP) is 3.56. The predicted molar refractivity (Wildman–Crippen MR) is 111 cm³/mol. The van der Waals surface area contributed by atoms with Crippen molar-refractivity contribution in [2.24, 2.45) is 4.99 Å². The number of aromatic nitrogens is 3. The molecule has 8 nitrogen and oxygen atoms in total. The Morgan fingerprint density at radius 3 is 2.90 bits per heavy atom. The van der Waals surface area contributed by atoms with E-state index in [1.54, 1.807) is 11.0 Å². The second kappa shape index (κ2) is 8.69. The maximum Gasteiger partial charge on any atom is 0.261 e. The number of likely N-dealkylation sites (tertiary alicyclic amines) is 1. The van der Waals surface area contributed by atoms with E-state index in [0.717, 1.165) is 0 Å². The van der Waals surface area contributed by atoms with E-state index in [4.69, 9.17) is 11.6 Å². The Balaban J connectivity index is 1.52. The van der Waals surface area contributed by atoms with Crippen LogP contribution < -0.4 is 10.8 Å². The van der Waals surface area contributed by atoms with Gasteiger partial charge in [-0.2, -0.15) is 4.98 Å². The van der Waals surface area contributed by atoms with Gasteiger partial charge in [0.2, 0.25) is 5.95 Å². The Hall–Kier alpha value is -2.89. The van der Waals surface area contributed by atoms with Gasteiger partial charge in [0.15, 0.2) is 11.5 Å². The number of nitrogens with one attached hydrogen (secondary N) is 3. The van der Waals surface area contributed by atoms with Crippen LogP contribution in [0, 0.1) is 5.82 Å². The molecule has 0 amide bonds. The number of hydrogen-bond donors (Lipinski definition) is 4. The summed E-state index contributed by atoms with van der Waals surface area (Å²) in [6.45, 7) is 0.980. The number of pyridine rings is 1. The fourth-order valence-electron chi connectivity index (χ4n) is 3.35. The SMILES string of the molecule is ONC(=Nc1ccc(F)c(Cl)c1)c1ccnc2nc(NCCN3CCC(F)(F)C3)[nH]c12. The Morgan fingerprint density at radius 2 is 2.19 bits per heavy atom. The van der Waals surface area contributed by atoms with E-state index in [1.807, 2.05) is 5.48 Å². The first kappa shape index (κ1) is 21.3. The number of fused-ring (bicyclic) bond motifs is 1. The molecule has 164 valence electrons. The molecular formula is C19H19ClF3N7O. The summed E-state index contributed by atoms with van der Waals surface area (Å²) >= 11 is 5.79. The van der Waals surface area contributed by atoms with Crippen molar-refractivity contribution in [3.63, 3.8) is 0 Å². The average molecular weight is 454 g/mol. The maximum absolute atomic E-state index is 13.4. The van der Waals surface area contributed by atoms with E-state index >= 15 is 0 Å². The zero-order chi connectivity index (χ0) is 22.0. The van der Waals surface area contributed by atoms with Gasteiger partial charge in [-0.15, -0.1) is 0 Å². The van der Waals surface area contributed by atoms with Gasteiger partial charge in [-0.3, -0.25) is 15.6 Å². The standard InChI is InChI=1S/C19H19ClF3N7O/c20-13-9-11(1-2-14(13)21)26-16(29-31)12-3-5-24-17-15(12)27-18(28-17)25-6-8-30-7-4-19(22,23)10-30/h1-3,5,9,31H,4,6-8,10H2,(H,26,29)(H2,24,25,27,28). The third-order valence-corrected chi connectivity index (χ3v) is 5.16. The number of amidine groups is 1. The summed E-state index contributed by atoms with van der Waals surface area (Å²) in [4.78, 5) is 17.5. The molecule has 0 atom stereocenters. The van der Waals surface area contributed by atoms with Crippen LogP contribution in [0.25, 0.3) is 11.2 Å². The molecule has 0 bridgehead atoms. The van der Waals surface area contributed by atoms with Crippen LogP contribution in [-0.2, 0) is 0 Å². The lowest BCUT2D eigenvalue weighted by Crippen LogP contribution is -2.29. The normalized spacial score (nSPS) is 16.7.